The van der Waals surface area contributed by atoms with Crippen molar-refractivity contribution in [1.82, 2.24) is 10.6 Å². The first-order chi connectivity index (χ1) is 8.58. The molecule has 0 spiro atoms. The Morgan fingerprint density at radius 2 is 1.94 bits per heavy atom. The fraction of sp³-hybridized carbons (Fsp3) is 0.385. The predicted octanol–water partition coefficient (Wildman–Crippen LogP) is 1.44. The molecule has 0 saturated heterocycles. The summed E-state index contributed by atoms with van der Waals surface area (Å²) < 4.78 is 5.04. The van der Waals surface area contributed by atoms with Crippen LogP contribution in [0.1, 0.15) is 19.4 Å². The maximum atomic E-state index is 11.4. The third-order valence-electron chi connectivity index (χ3n) is 2.23. The molecule has 98 valence electrons. The highest BCUT2D eigenvalue weighted by Gasteiger charge is 2.08. The Kier molecular flexibility index (Phi) is 5.70. The van der Waals surface area contributed by atoms with Gasteiger partial charge in [0.2, 0.25) is 5.91 Å². The third-order valence-corrected chi connectivity index (χ3v) is 2.23. The van der Waals surface area contributed by atoms with Crippen molar-refractivity contribution in [2.45, 2.75) is 26.5 Å². The minimum atomic E-state index is -0.489. The number of hydrogen-bond acceptors (Lipinski definition) is 3. The average Bonchev–Trinajstić information content (AvgIpc) is 2.35. The number of carbonyl (C=O) groups is 2. The van der Waals surface area contributed by atoms with Crippen LogP contribution in [-0.2, 0) is 16.1 Å². The van der Waals surface area contributed by atoms with Crippen LogP contribution in [0.25, 0.3) is 0 Å². The fourth-order valence-corrected chi connectivity index (χ4v) is 1.31. The van der Waals surface area contributed by atoms with Crippen molar-refractivity contribution in [3.8, 4) is 0 Å². The molecule has 0 aromatic heterocycles. The van der Waals surface area contributed by atoms with Crippen LogP contribution in [0.5, 0.6) is 0 Å². The lowest BCUT2D eigenvalue weighted by Crippen LogP contribution is -2.41. The number of ether oxygens (including phenoxy) is 1. The van der Waals surface area contributed by atoms with E-state index >= 15 is 0 Å². The van der Waals surface area contributed by atoms with E-state index in [-0.39, 0.29) is 18.6 Å². The topological polar surface area (TPSA) is 67.4 Å². The van der Waals surface area contributed by atoms with E-state index in [9.17, 15) is 9.59 Å². The summed E-state index contributed by atoms with van der Waals surface area (Å²) in [5.74, 6) is -0.124. The van der Waals surface area contributed by atoms with Gasteiger partial charge in [-0.15, -0.1) is 0 Å². The van der Waals surface area contributed by atoms with Gasteiger partial charge in [0.15, 0.2) is 0 Å². The molecule has 0 aliphatic heterocycles. The summed E-state index contributed by atoms with van der Waals surface area (Å²) in [5.41, 5.74) is 0.933. The standard InChI is InChI=1S/C13H18N2O3/c1-10(8-14-11(2)16)15-13(17)18-9-12-6-4-3-5-7-12/h3-7,10H,8-9H2,1-2H3,(H,14,16)(H,15,17)/t10-/m1/s1. The van der Waals surface area contributed by atoms with Gasteiger partial charge in [-0.2, -0.15) is 0 Å². The first-order valence-corrected chi connectivity index (χ1v) is 5.79. The lowest BCUT2D eigenvalue weighted by Gasteiger charge is -2.14. The molecule has 0 radical (unpaired) electrons. The summed E-state index contributed by atoms with van der Waals surface area (Å²) in [6.07, 6.45) is -0.489. The molecule has 0 fully saturated rings. The Labute approximate surface area is 107 Å². The van der Waals surface area contributed by atoms with E-state index in [1.807, 2.05) is 30.3 Å². The van der Waals surface area contributed by atoms with Crippen LogP contribution >= 0.6 is 0 Å². The second-order valence-corrected chi connectivity index (χ2v) is 4.04. The molecule has 1 rings (SSSR count). The van der Waals surface area contributed by atoms with E-state index in [1.165, 1.54) is 6.92 Å². The fourth-order valence-electron chi connectivity index (χ4n) is 1.31. The van der Waals surface area contributed by atoms with Gasteiger partial charge in [-0.1, -0.05) is 30.3 Å². The average molecular weight is 250 g/mol. The first kappa shape index (κ1) is 14.0. The SMILES string of the molecule is CC(=O)NC[C@@H](C)NC(=O)OCc1ccccc1. The minimum Gasteiger partial charge on any atom is -0.445 e. The molecule has 0 aliphatic carbocycles. The molecule has 1 aromatic rings. The summed E-state index contributed by atoms with van der Waals surface area (Å²) in [6.45, 7) is 3.84. The van der Waals surface area contributed by atoms with Crippen molar-refractivity contribution in [2.24, 2.45) is 0 Å². The van der Waals surface area contributed by atoms with Gasteiger partial charge in [-0.25, -0.2) is 4.79 Å². The van der Waals surface area contributed by atoms with Gasteiger partial charge in [0.05, 0.1) is 0 Å². The quantitative estimate of drug-likeness (QED) is 0.831. The zero-order valence-electron chi connectivity index (χ0n) is 10.6. The Balaban J connectivity index is 2.23. The van der Waals surface area contributed by atoms with Crippen molar-refractivity contribution in [2.75, 3.05) is 6.54 Å². The number of benzene rings is 1. The third kappa shape index (κ3) is 5.89. The minimum absolute atomic E-state index is 0.124. The monoisotopic (exact) mass is 250 g/mol. The van der Waals surface area contributed by atoms with Crippen LogP contribution in [-0.4, -0.2) is 24.6 Å². The van der Waals surface area contributed by atoms with Crippen LogP contribution in [0.3, 0.4) is 0 Å². The van der Waals surface area contributed by atoms with E-state index in [4.69, 9.17) is 4.74 Å². The van der Waals surface area contributed by atoms with Crippen molar-refractivity contribution >= 4 is 12.0 Å². The Morgan fingerprint density at radius 3 is 2.56 bits per heavy atom. The number of hydrogen-bond donors (Lipinski definition) is 2. The van der Waals surface area contributed by atoms with Crippen molar-refractivity contribution < 1.29 is 14.3 Å². The summed E-state index contributed by atoms with van der Waals surface area (Å²) in [6, 6.07) is 9.27. The first-order valence-electron chi connectivity index (χ1n) is 5.79. The molecule has 18 heavy (non-hydrogen) atoms. The smallest absolute Gasteiger partial charge is 0.407 e. The molecular formula is C13H18N2O3. The van der Waals surface area contributed by atoms with Crippen molar-refractivity contribution in [3.63, 3.8) is 0 Å². The largest absolute Gasteiger partial charge is 0.445 e. The van der Waals surface area contributed by atoms with Gasteiger partial charge >= 0.3 is 6.09 Å². The highest BCUT2D eigenvalue weighted by molar-refractivity contribution is 5.73. The van der Waals surface area contributed by atoms with Crippen LogP contribution in [0.4, 0.5) is 4.79 Å². The summed E-state index contributed by atoms with van der Waals surface area (Å²) in [7, 11) is 0. The summed E-state index contributed by atoms with van der Waals surface area (Å²) in [4.78, 5) is 22.1. The van der Waals surface area contributed by atoms with Gasteiger partial charge in [0.1, 0.15) is 6.61 Å². The van der Waals surface area contributed by atoms with Crippen LogP contribution in [0.2, 0.25) is 0 Å². The van der Waals surface area contributed by atoms with E-state index < -0.39 is 6.09 Å². The zero-order valence-corrected chi connectivity index (χ0v) is 10.6. The number of alkyl carbamates (subject to hydrolysis) is 1. The van der Waals surface area contributed by atoms with Gasteiger partial charge in [0.25, 0.3) is 0 Å². The van der Waals surface area contributed by atoms with Crippen LogP contribution < -0.4 is 10.6 Å². The van der Waals surface area contributed by atoms with Gasteiger partial charge in [-0.3, -0.25) is 4.79 Å². The molecule has 5 nitrogen and oxygen atoms in total. The lowest BCUT2D eigenvalue weighted by molar-refractivity contribution is -0.119. The highest BCUT2D eigenvalue weighted by atomic mass is 16.5. The van der Waals surface area contributed by atoms with E-state index in [1.54, 1.807) is 6.92 Å². The number of amides is 2. The van der Waals surface area contributed by atoms with Gasteiger partial charge in [-0.05, 0) is 12.5 Å². The molecule has 0 saturated carbocycles. The highest BCUT2D eigenvalue weighted by Crippen LogP contribution is 2.00. The Hall–Kier alpha value is -2.04. The molecule has 1 aromatic carbocycles. The van der Waals surface area contributed by atoms with E-state index in [0.717, 1.165) is 5.56 Å². The molecule has 0 unspecified atom stereocenters. The molecular weight excluding hydrogens is 232 g/mol. The van der Waals surface area contributed by atoms with E-state index in [0.29, 0.717) is 6.54 Å². The number of nitrogens with one attached hydrogen (secondary N) is 2. The predicted molar refractivity (Wildman–Crippen MR) is 67.9 cm³/mol. The van der Waals surface area contributed by atoms with Crippen molar-refractivity contribution in [1.29, 1.82) is 0 Å². The number of rotatable bonds is 5. The molecule has 5 heteroatoms. The molecule has 0 bridgehead atoms. The second kappa shape index (κ2) is 7.32. The summed E-state index contributed by atoms with van der Waals surface area (Å²) >= 11 is 0. The summed E-state index contributed by atoms with van der Waals surface area (Å²) in [5, 5.41) is 5.24. The molecule has 2 N–H and O–H groups in total. The van der Waals surface area contributed by atoms with Crippen LogP contribution in [0.15, 0.2) is 30.3 Å². The second-order valence-electron chi connectivity index (χ2n) is 4.04. The lowest BCUT2D eigenvalue weighted by atomic mass is 10.2. The van der Waals surface area contributed by atoms with Gasteiger partial charge in [0, 0.05) is 19.5 Å². The molecule has 0 heterocycles. The van der Waals surface area contributed by atoms with E-state index in [2.05, 4.69) is 10.6 Å². The normalized spacial score (nSPS) is 11.4. The number of carbonyl (C=O) groups excluding carboxylic acids is 2. The Bertz CT molecular complexity index is 392. The Morgan fingerprint density at radius 1 is 1.28 bits per heavy atom. The molecule has 2 amide bonds. The maximum Gasteiger partial charge on any atom is 0.407 e. The zero-order chi connectivity index (χ0) is 13.4. The van der Waals surface area contributed by atoms with Gasteiger partial charge < -0.3 is 15.4 Å². The van der Waals surface area contributed by atoms with Crippen molar-refractivity contribution in [3.05, 3.63) is 35.9 Å². The molecule has 1 atom stereocenters. The molecule has 0 aliphatic rings. The van der Waals surface area contributed by atoms with Crippen LogP contribution in [0, 0.1) is 0 Å². The maximum absolute atomic E-state index is 11.4.